The van der Waals surface area contributed by atoms with Crippen molar-refractivity contribution in [2.24, 2.45) is 0 Å². The van der Waals surface area contributed by atoms with Crippen LogP contribution in [0.5, 0.6) is 11.5 Å². The second kappa shape index (κ2) is 11.0. The van der Waals surface area contributed by atoms with Crippen LogP contribution in [0.4, 0.5) is 20.3 Å². The minimum atomic E-state index is -2.12. The predicted octanol–water partition coefficient (Wildman–Crippen LogP) is 2.08. The number of aliphatic hydroxyl groups excluding tert-OH is 4. The molecule has 12 heteroatoms. The molecule has 3 aromatic rings. The Labute approximate surface area is 195 Å². The first-order chi connectivity index (χ1) is 15.8. The highest BCUT2D eigenvalue weighted by Gasteiger charge is 2.34. The van der Waals surface area contributed by atoms with Gasteiger partial charge in [0.05, 0.1) is 31.5 Å². The van der Waals surface area contributed by atoms with E-state index in [0.717, 1.165) is 0 Å². The van der Waals surface area contributed by atoms with Crippen molar-refractivity contribution in [2.75, 3.05) is 25.6 Å². The first kappa shape index (κ1) is 25.0. The second-order valence-corrected chi connectivity index (χ2v) is 7.86. The summed E-state index contributed by atoms with van der Waals surface area (Å²) >= 11 is 3.28. The second-order valence-electron chi connectivity index (χ2n) is 7.01. The van der Waals surface area contributed by atoms with Crippen LogP contribution in [0.1, 0.15) is 0 Å². The number of aliphatic hydroxyl groups is 4. The Hall–Kier alpha value is -2.64. The van der Waals surface area contributed by atoms with Crippen LogP contribution in [-0.4, -0.2) is 75.2 Å². The zero-order valence-corrected chi connectivity index (χ0v) is 18.9. The fourth-order valence-electron chi connectivity index (χ4n) is 3.05. The minimum absolute atomic E-state index is 0.0577. The third-order valence-electron chi connectivity index (χ3n) is 4.84. The SMILES string of the molecule is COc1cc2c(Nc3ccc(F)cc3Br)ncnc2cc1O[C@H](CO)[C@H](O)[C@@H](O)[C@H](F)CO. The highest BCUT2D eigenvalue weighted by molar-refractivity contribution is 9.10. The number of alkyl halides is 1. The Morgan fingerprint density at radius 3 is 2.45 bits per heavy atom. The van der Waals surface area contributed by atoms with Gasteiger partial charge in [-0.15, -0.1) is 0 Å². The fourth-order valence-corrected chi connectivity index (χ4v) is 3.50. The average molecular weight is 530 g/mol. The summed E-state index contributed by atoms with van der Waals surface area (Å²) in [4.78, 5) is 8.40. The van der Waals surface area contributed by atoms with E-state index in [2.05, 4.69) is 31.2 Å². The van der Waals surface area contributed by atoms with Gasteiger partial charge in [-0.3, -0.25) is 0 Å². The van der Waals surface area contributed by atoms with Crippen molar-refractivity contribution in [3.63, 3.8) is 0 Å². The Balaban J connectivity index is 1.94. The standard InChI is InChI=1S/C21H22BrF2N3O6/c1-32-16-5-11-15(6-17(16)33-18(8-29)20(31)19(30)13(24)7-28)25-9-26-21(11)27-14-3-2-10(23)4-12(14)22/h2-6,9,13,18-20,28-31H,7-8H2,1H3,(H,25,26,27)/t13-,18-,19+,20+/m1/s1. The largest absolute Gasteiger partial charge is 0.493 e. The summed E-state index contributed by atoms with van der Waals surface area (Å²) in [7, 11) is 1.37. The van der Waals surface area contributed by atoms with Crippen molar-refractivity contribution >= 4 is 38.3 Å². The van der Waals surface area contributed by atoms with Crippen molar-refractivity contribution in [2.45, 2.75) is 24.5 Å². The van der Waals surface area contributed by atoms with Crippen LogP contribution in [0.15, 0.2) is 41.1 Å². The minimum Gasteiger partial charge on any atom is -0.493 e. The van der Waals surface area contributed by atoms with Crippen LogP contribution in [0.2, 0.25) is 0 Å². The number of anilines is 2. The molecule has 0 amide bonds. The van der Waals surface area contributed by atoms with Gasteiger partial charge < -0.3 is 35.2 Å². The van der Waals surface area contributed by atoms with Gasteiger partial charge in [-0.25, -0.2) is 18.7 Å². The summed E-state index contributed by atoms with van der Waals surface area (Å²) in [5, 5.41) is 42.0. The molecule has 0 bridgehead atoms. The van der Waals surface area contributed by atoms with Crippen LogP contribution in [-0.2, 0) is 0 Å². The van der Waals surface area contributed by atoms with E-state index in [1.165, 1.54) is 37.7 Å². The normalized spacial score (nSPS) is 15.0. The van der Waals surface area contributed by atoms with Gasteiger partial charge in [0.15, 0.2) is 23.8 Å². The van der Waals surface area contributed by atoms with Crippen molar-refractivity contribution in [3.05, 3.63) is 46.9 Å². The number of ether oxygens (including phenoxy) is 2. The number of aromatic nitrogens is 2. The lowest BCUT2D eigenvalue weighted by atomic mass is 10.0. The summed E-state index contributed by atoms with van der Waals surface area (Å²) < 4.78 is 38.4. The van der Waals surface area contributed by atoms with E-state index in [-0.39, 0.29) is 11.5 Å². The van der Waals surface area contributed by atoms with Crippen LogP contribution in [0.3, 0.4) is 0 Å². The molecule has 0 aliphatic rings. The molecule has 33 heavy (non-hydrogen) atoms. The number of rotatable bonds is 10. The lowest BCUT2D eigenvalue weighted by Gasteiger charge is -2.28. The molecule has 0 aliphatic heterocycles. The summed E-state index contributed by atoms with van der Waals surface area (Å²) in [6.45, 7) is -1.76. The predicted molar refractivity (Wildman–Crippen MR) is 119 cm³/mol. The van der Waals surface area contributed by atoms with E-state index in [0.29, 0.717) is 26.9 Å². The van der Waals surface area contributed by atoms with Gasteiger partial charge in [0.2, 0.25) is 0 Å². The number of halogens is 3. The van der Waals surface area contributed by atoms with Crippen LogP contribution >= 0.6 is 15.9 Å². The van der Waals surface area contributed by atoms with E-state index in [4.69, 9.17) is 14.6 Å². The molecule has 0 unspecified atom stereocenters. The van der Waals surface area contributed by atoms with Crippen LogP contribution in [0, 0.1) is 5.82 Å². The molecule has 0 spiro atoms. The van der Waals surface area contributed by atoms with Crippen LogP contribution < -0.4 is 14.8 Å². The van der Waals surface area contributed by atoms with Gasteiger partial charge in [0, 0.05) is 15.9 Å². The quantitative estimate of drug-likeness (QED) is 0.267. The number of hydrogen-bond donors (Lipinski definition) is 5. The zero-order chi connectivity index (χ0) is 24.1. The smallest absolute Gasteiger partial charge is 0.164 e. The number of nitrogens with one attached hydrogen (secondary N) is 1. The molecule has 1 heterocycles. The summed E-state index contributed by atoms with van der Waals surface area (Å²) in [6, 6.07) is 7.13. The first-order valence-electron chi connectivity index (χ1n) is 9.72. The molecule has 1 aromatic heterocycles. The number of nitrogens with zero attached hydrogens (tertiary/aromatic N) is 2. The fraction of sp³-hybridized carbons (Fsp3) is 0.333. The highest BCUT2D eigenvalue weighted by atomic mass is 79.9. The van der Waals surface area contributed by atoms with Crippen LogP contribution in [0.25, 0.3) is 10.9 Å². The van der Waals surface area contributed by atoms with Gasteiger partial charge in [-0.1, -0.05) is 0 Å². The van der Waals surface area contributed by atoms with Crippen molar-refractivity contribution in [1.82, 2.24) is 9.97 Å². The molecule has 0 saturated carbocycles. The molecular formula is C21H22BrF2N3O6. The highest BCUT2D eigenvalue weighted by Crippen LogP contribution is 2.36. The van der Waals surface area contributed by atoms with Gasteiger partial charge in [-0.05, 0) is 40.2 Å². The van der Waals surface area contributed by atoms with Gasteiger partial charge >= 0.3 is 0 Å². The molecular weight excluding hydrogens is 508 g/mol. The van der Waals surface area contributed by atoms with E-state index in [1.54, 1.807) is 6.07 Å². The molecule has 0 aliphatic carbocycles. The lowest BCUT2D eigenvalue weighted by molar-refractivity contribution is -0.0981. The summed E-state index contributed by atoms with van der Waals surface area (Å²) in [6.07, 6.45) is -6.08. The number of fused-ring (bicyclic) bond motifs is 1. The Bertz CT molecular complexity index is 1110. The monoisotopic (exact) mass is 529 g/mol. The molecule has 0 fully saturated rings. The molecule has 4 atom stereocenters. The first-order valence-corrected chi connectivity index (χ1v) is 10.5. The van der Waals surface area contributed by atoms with E-state index in [9.17, 15) is 24.1 Å². The maximum atomic E-state index is 13.6. The lowest BCUT2D eigenvalue weighted by Crippen LogP contribution is -2.48. The number of hydrogen-bond acceptors (Lipinski definition) is 9. The Morgan fingerprint density at radius 1 is 1.06 bits per heavy atom. The molecule has 178 valence electrons. The molecule has 3 rings (SSSR count). The molecule has 0 saturated heterocycles. The van der Waals surface area contributed by atoms with E-state index >= 15 is 0 Å². The molecule has 2 aromatic carbocycles. The molecule has 5 N–H and O–H groups in total. The Morgan fingerprint density at radius 2 is 1.82 bits per heavy atom. The van der Waals surface area contributed by atoms with E-state index < -0.39 is 43.5 Å². The zero-order valence-electron chi connectivity index (χ0n) is 17.3. The van der Waals surface area contributed by atoms with Crippen molar-refractivity contribution in [1.29, 1.82) is 0 Å². The van der Waals surface area contributed by atoms with Gasteiger partial charge in [0.1, 0.15) is 30.2 Å². The number of methoxy groups -OCH3 is 1. The third kappa shape index (κ3) is 5.65. The van der Waals surface area contributed by atoms with Crippen molar-refractivity contribution < 1.29 is 38.7 Å². The molecule has 9 nitrogen and oxygen atoms in total. The topological polar surface area (TPSA) is 137 Å². The summed E-state index contributed by atoms with van der Waals surface area (Å²) in [5.74, 6) is 0.210. The van der Waals surface area contributed by atoms with Gasteiger partial charge in [0.25, 0.3) is 0 Å². The Kier molecular flexibility index (Phi) is 8.32. The maximum Gasteiger partial charge on any atom is 0.164 e. The van der Waals surface area contributed by atoms with Crippen molar-refractivity contribution in [3.8, 4) is 11.5 Å². The third-order valence-corrected chi connectivity index (χ3v) is 5.50. The molecule has 0 radical (unpaired) electrons. The van der Waals surface area contributed by atoms with Gasteiger partial charge in [-0.2, -0.15) is 0 Å². The summed E-state index contributed by atoms with van der Waals surface area (Å²) in [5.41, 5.74) is 0.949. The number of benzene rings is 2. The van der Waals surface area contributed by atoms with E-state index in [1.807, 2.05) is 0 Å². The maximum absolute atomic E-state index is 13.6. The average Bonchev–Trinajstić information content (AvgIpc) is 2.82.